The molecule has 0 radical (unpaired) electrons. The number of hydrogen-bond acceptors (Lipinski definition) is 4. The number of rotatable bonds is 3. The monoisotopic (exact) mass is 235 g/mol. The van der Waals surface area contributed by atoms with Crippen molar-refractivity contribution in [3.63, 3.8) is 0 Å². The predicted molar refractivity (Wildman–Crippen MR) is 58.6 cm³/mol. The Morgan fingerprint density at radius 1 is 1.35 bits per heavy atom. The van der Waals surface area contributed by atoms with Crippen molar-refractivity contribution in [1.82, 2.24) is 20.2 Å². The highest BCUT2D eigenvalue weighted by atomic mass is 16.2. The summed E-state index contributed by atoms with van der Waals surface area (Å²) in [7, 11) is 0. The Balaban J connectivity index is 2.08. The van der Waals surface area contributed by atoms with Gasteiger partial charge in [-0.1, -0.05) is 0 Å². The zero-order valence-corrected chi connectivity index (χ0v) is 8.61. The van der Waals surface area contributed by atoms with Crippen LogP contribution in [0.5, 0.6) is 0 Å². The maximum absolute atomic E-state index is 11.5. The van der Waals surface area contributed by atoms with Crippen LogP contribution < -0.4 is 16.6 Å². The van der Waals surface area contributed by atoms with E-state index >= 15 is 0 Å². The fourth-order valence-electron chi connectivity index (χ4n) is 1.31. The van der Waals surface area contributed by atoms with Crippen LogP contribution in [0.4, 0.5) is 5.82 Å². The van der Waals surface area contributed by atoms with Gasteiger partial charge < -0.3 is 10.3 Å². The van der Waals surface area contributed by atoms with Crippen LogP contribution >= 0.6 is 0 Å². The van der Waals surface area contributed by atoms with Crippen LogP contribution in [0.3, 0.4) is 0 Å². The standard InChI is InChI=1S/C9H9N5O3/c15-7(12-6-1-2-10-14-6)3-5-4-8(16)13-9(17)11-5/h1-2,4H,3H2,(H2,10,12,14,15)(H2,11,13,16,17). The number of carbonyl (C=O) groups is 1. The van der Waals surface area contributed by atoms with Crippen molar-refractivity contribution < 1.29 is 4.79 Å². The molecule has 0 spiro atoms. The van der Waals surface area contributed by atoms with Gasteiger partial charge in [0.15, 0.2) is 0 Å². The van der Waals surface area contributed by atoms with Crippen LogP contribution in [-0.2, 0) is 11.2 Å². The summed E-state index contributed by atoms with van der Waals surface area (Å²) in [6, 6.07) is 2.74. The van der Waals surface area contributed by atoms with Gasteiger partial charge in [0.1, 0.15) is 5.82 Å². The van der Waals surface area contributed by atoms with E-state index in [0.29, 0.717) is 5.82 Å². The summed E-state index contributed by atoms with van der Waals surface area (Å²) in [5.74, 6) is 0.0812. The molecule has 4 N–H and O–H groups in total. The molecule has 2 aromatic rings. The number of hydrogen-bond donors (Lipinski definition) is 4. The van der Waals surface area contributed by atoms with Crippen molar-refractivity contribution in [2.45, 2.75) is 6.42 Å². The first kappa shape index (κ1) is 10.9. The van der Waals surface area contributed by atoms with Crippen molar-refractivity contribution in [2.75, 3.05) is 5.32 Å². The van der Waals surface area contributed by atoms with E-state index in [1.165, 1.54) is 6.20 Å². The lowest BCUT2D eigenvalue weighted by molar-refractivity contribution is -0.115. The Morgan fingerprint density at radius 2 is 2.18 bits per heavy atom. The number of nitrogens with one attached hydrogen (secondary N) is 4. The summed E-state index contributed by atoms with van der Waals surface area (Å²) in [6.45, 7) is 0. The molecular weight excluding hydrogens is 226 g/mol. The Kier molecular flexibility index (Phi) is 2.86. The molecule has 0 atom stereocenters. The van der Waals surface area contributed by atoms with Gasteiger partial charge in [0, 0.05) is 17.8 Å². The van der Waals surface area contributed by atoms with E-state index < -0.39 is 11.2 Å². The zero-order valence-electron chi connectivity index (χ0n) is 8.61. The second-order valence-electron chi connectivity index (χ2n) is 3.31. The smallest absolute Gasteiger partial charge is 0.311 e. The molecule has 0 aliphatic heterocycles. The number of nitrogens with zero attached hydrogens (tertiary/aromatic N) is 1. The Labute approximate surface area is 94.1 Å². The van der Waals surface area contributed by atoms with Crippen molar-refractivity contribution in [1.29, 1.82) is 0 Å². The third kappa shape index (κ3) is 2.91. The normalized spacial score (nSPS) is 10.1. The van der Waals surface area contributed by atoms with Crippen molar-refractivity contribution in [2.24, 2.45) is 0 Å². The summed E-state index contributed by atoms with van der Waals surface area (Å²) >= 11 is 0. The van der Waals surface area contributed by atoms with Gasteiger partial charge in [-0.05, 0) is 0 Å². The minimum atomic E-state index is -0.637. The minimum Gasteiger partial charge on any atom is -0.311 e. The molecule has 88 valence electrons. The Morgan fingerprint density at radius 3 is 2.82 bits per heavy atom. The van der Waals surface area contributed by atoms with E-state index in [1.807, 2.05) is 4.98 Å². The molecule has 8 heteroatoms. The maximum atomic E-state index is 11.5. The second kappa shape index (κ2) is 4.47. The summed E-state index contributed by atoms with van der Waals surface area (Å²) in [6.07, 6.45) is 1.39. The van der Waals surface area contributed by atoms with Crippen LogP contribution in [-0.4, -0.2) is 26.1 Å². The molecule has 0 aliphatic carbocycles. The topological polar surface area (TPSA) is 124 Å². The zero-order chi connectivity index (χ0) is 12.3. The predicted octanol–water partition coefficient (Wildman–Crippen LogP) is -1.03. The number of H-pyrrole nitrogens is 3. The molecule has 2 aromatic heterocycles. The SMILES string of the molecule is O=C(Cc1cc(=O)[nH]c(=O)[nH]1)Nc1ccn[nH]1. The summed E-state index contributed by atoms with van der Waals surface area (Å²) in [5, 5.41) is 8.73. The molecule has 0 bridgehead atoms. The highest BCUT2D eigenvalue weighted by molar-refractivity contribution is 5.90. The summed E-state index contributed by atoms with van der Waals surface area (Å²) < 4.78 is 0. The van der Waals surface area contributed by atoms with Gasteiger partial charge in [-0.2, -0.15) is 5.10 Å². The number of anilines is 1. The van der Waals surface area contributed by atoms with Gasteiger partial charge >= 0.3 is 5.69 Å². The van der Waals surface area contributed by atoms with Gasteiger partial charge in [-0.3, -0.25) is 19.7 Å². The third-order valence-corrected chi connectivity index (χ3v) is 1.94. The fraction of sp³-hybridized carbons (Fsp3) is 0.111. The van der Waals surface area contributed by atoms with Crippen LogP contribution in [0.2, 0.25) is 0 Å². The van der Waals surface area contributed by atoms with Crippen LogP contribution in [0.15, 0.2) is 27.9 Å². The van der Waals surface area contributed by atoms with Gasteiger partial charge in [0.05, 0.1) is 12.6 Å². The quantitative estimate of drug-likeness (QED) is 0.542. The van der Waals surface area contributed by atoms with Crippen molar-refractivity contribution >= 4 is 11.7 Å². The average Bonchev–Trinajstić information content (AvgIpc) is 2.67. The number of amides is 1. The molecule has 0 aliphatic rings. The van der Waals surface area contributed by atoms with Crippen molar-refractivity contribution in [3.05, 3.63) is 44.9 Å². The second-order valence-corrected chi connectivity index (χ2v) is 3.31. The fourth-order valence-corrected chi connectivity index (χ4v) is 1.31. The van der Waals surface area contributed by atoms with Crippen LogP contribution in [0.1, 0.15) is 5.69 Å². The van der Waals surface area contributed by atoms with Gasteiger partial charge in [0.25, 0.3) is 5.56 Å². The molecule has 17 heavy (non-hydrogen) atoms. The summed E-state index contributed by atoms with van der Waals surface area (Å²) in [4.78, 5) is 37.8. The third-order valence-electron chi connectivity index (χ3n) is 1.94. The molecule has 0 saturated carbocycles. The lowest BCUT2D eigenvalue weighted by Crippen LogP contribution is -2.25. The number of carbonyl (C=O) groups excluding carboxylic acids is 1. The number of aromatic nitrogens is 4. The lowest BCUT2D eigenvalue weighted by Gasteiger charge is -2.01. The molecule has 1 amide bonds. The van der Waals surface area contributed by atoms with Gasteiger partial charge in [-0.15, -0.1) is 0 Å². The van der Waals surface area contributed by atoms with Crippen LogP contribution in [0.25, 0.3) is 0 Å². The maximum Gasteiger partial charge on any atom is 0.325 e. The first-order valence-corrected chi connectivity index (χ1v) is 4.75. The minimum absolute atomic E-state index is 0.0990. The van der Waals surface area contributed by atoms with Crippen LogP contribution in [0, 0.1) is 0 Å². The average molecular weight is 235 g/mol. The van der Waals surface area contributed by atoms with Crippen molar-refractivity contribution in [3.8, 4) is 0 Å². The Bertz CT molecular complexity index is 596. The largest absolute Gasteiger partial charge is 0.325 e. The van der Waals surface area contributed by atoms with E-state index in [0.717, 1.165) is 6.07 Å². The molecule has 8 nitrogen and oxygen atoms in total. The summed E-state index contributed by atoms with van der Waals surface area (Å²) in [5.41, 5.74) is -0.935. The lowest BCUT2D eigenvalue weighted by atomic mass is 10.3. The van der Waals surface area contributed by atoms with E-state index in [1.54, 1.807) is 6.07 Å². The molecule has 2 rings (SSSR count). The number of aromatic amines is 3. The highest BCUT2D eigenvalue weighted by Crippen LogP contribution is 1.99. The molecule has 0 unspecified atom stereocenters. The molecular formula is C9H9N5O3. The van der Waals surface area contributed by atoms with Gasteiger partial charge in [-0.25, -0.2) is 4.79 Å². The van der Waals surface area contributed by atoms with E-state index in [9.17, 15) is 14.4 Å². The highest BCUT2D eigenvalue weighted by Gasteiger charge is 2.06. The molecule has 0 saturated heterocycles. The van der Waals surface area contributed by atoms with E-state index in [4.69, 9.17) is 0 Å². The Hall–Kier alpha value is -2.64. The van der Waals surface area contributed by atoms with Gasteiger partial charge in [0.2, 0.25) is 5.91 Å². The van der Waals surface area contributed by atoms with E-state index in [-0.39, 0.29) is 18.0 Å². The molecule has 0 fully saturated rings. The molecule has 0 aromatic carbocycles. The first-order chi connectivity index (χ1) is 8.13. The van der Waals surface area contributed by atoms with E-state index in [2.05, 4.69) is 20.5 Å². The molecule has 2 heterocycles. The first-order valence-electron chi connectivity index (χ1n) is 4.75.